The Hall–Kier alpha value is -0.620. The number of likely N-dealkylation sites (N-methyl/N-ethyl adjacent to an activating group) is 1. The van der Waals surface area contributed by atoms with E-state index < -0.39 is 0 Å². The highest BCUT2D eigenvalue weighted by Gasteiger charge is 2.29. The second kappa shape index (κ2) is 6.89. The third-order valence-corrected chi connectivity index (χ3v) is 4.78. The van der Waals surface area contributed by atoms with Gasteiger partial charge in [0.25, 0.3) is 0 Å². The topological polar surface area (TPSA) is 46.9 Å². The molecule has 0 radical (unpaired) electrons. The van der Waals surface area contributed by atoms with Crippen molar-refractivity contribution in [3.8, 4) is 5.75 Å². The number of phenolic OH excluding ortho intramolecular Hbond substituents is 1. The average Bonchev–Trinajstić information content (AvgIpc) is 2.45. The van der Waals surface area contributed by atoms with Gasteiger partial charge in [-0.25, -0.2) is 0 Å². The molecule has 0 aromatic heterocycles. The Labute approximate surface area is 129 Å². The molecular weight excluding hydrogens is 320 g/mol. The SMILES string of the molecule is CCN1CCN(C(CO)c2ccc(O)c(Br)c2)C(C)C1. The third kappa shape index (κ3) is 3.34. The highest BCUT2D eigenvalue weighted by molar-refractivity contribution is 9.10. The number of aliphatic hydroxyl groups is 1. The van der Waals surface area contributed by atoms with Gasteiger partial charge in [0.2, 0.25) is 0 Å². The van der Waals surface area contributed by atoms with E-state index in [1.165, 1.54) is 0 Å². The summed E-state index contributed by atoms with van der Waals surface area (Å²) in [6.07, 6.45) is 0. The summed E-state index contributed by atoms with van der Waals surface area (Å²) in [4.78, 5) is 4.79. The summed E-state index contributed by atoms with van der Waals surface area (Å²) in [7, 11) is 0. The summed E-state index contributed by atoms with van der Waals surface area (Å²) in [5.41, 5.74) is 1.04. The van der Waals surface area contributed by atoms with Crippen LogP contribution in [0.5, 0.6) is 5.75 Å². The molecule has 2 atom stereocenters. The van der Waals surface area contributed by atoms with Crippen LogP contribution in [-0.2, 0) is 0 Å². The molecular formula is C15H23BrN2O2. The fraction of sp³-hybridized carbons (Fsp3) is 0.600. The second-order valence-corrected chi connectivity index (χ2v) is 6.24. The van der Waals surface area contributed by atoms with Crippen LogP contribution >= 0.6 is 15.9 Å². The fourth-order valence-electron chi connectivity index (χ4n) is 2.93. The first-order chi connectivity index (χ1) is 9.56. The van der Waals surface area contributed by atoms with Crippen LogP contribution in [0.1, 0.15) is 25.5 Å². The number of aliphatic hydroxyl groups excluding tert-OH is 1. The number of phenols is 1. The van der Waals surface area contributed by atoms with E-state index in [-0.39, 0.29) is 18.4 Å². The number of nitrogens with zero attached hydrogens (tertiary/aromatic N) is 2. The van der Waals surface area contributed by atoms with Crippen LogP contribution in [-0.4, -0.2) is 58.8 Å². The maximum Gasteiger partial charge on any atom is 0.129 e. The van der Waals surface area contributed by atoms with Gasteiger partial charge in [0.1, 0.15) is 5.75 Å². The van der Waals surface area contributed by atoms with E-state index >= 15 is 0 Å². The molecule has 0 spiro atoms. The molecule has 1 saturated heterocycles. The minimum Gasteiger partial charge on any atom is -0.507 e. The Morgan fingerprint density at radius 3 is 2.70 bits per heavy atom. The molecule has 0 saturated carbocycles. The van der Waals surface area contributed by atoms with Gasteiger partial charge >= 0.3 is 0 Å². The van der Waals surface area contributed by atoms with Crippen LogP contribution in [0.25, 0.3) is 0 Å². The van der Waals surface area contributed by atoms with Crippen LogP contribution in [0.2, 0.25) is 0 Å². The number of halogens is 1. The van der Waals surface area contributed by atoms with E-state index in [0.29, 0.717) is 10.5 Å². The van der Waals surface area contributed by atoms with Crippen LogP contribution in [0, 0.1) is 0 Å². The van der Waals surface area contributed by atoms with Crippen LogP contribution < -0.4 is 0 Å². The normalized spacial score (nSPS) is 22.9. The lowest BCUT2D eigenvalue weighted by Crippen LogP contribution is -2.53. The second-order valence-electron chi connectivity index (χ2n) is 5.39. The van der Waals surface area contributed by atoms with Crippen molar-refractivity contribution in [3.05, 3.63) is 28.2 Å². The molecule has 5 heteroatoms. The first kappa shape index (κ1) is 15.8. The maximum atomic E-state index is 9.80. The zero-order valence-electron chi connectivity index (χ0n) is 12.1. The Morgan fingerprint density at radius 1 is 1.40 bits per heavy atom. The first-order valence-corrected chi connectivity index (χ1v) is 7.93. The standard InChI is InChI=1S/C15H23BrN2O2/c1-3-17-6-7-18(11(2)9-17)14(10-19)12-4-5-15(20)13(16)8-12/h4-5,8,11,14,19-20H,3,6-7,9-10H2,1-2H3. The highest BCUT2D eigenvalue weighted by Crippen LogP contribution is 2.31. The molecule has 1 aromatic carbocycles. The Bertz CT molecular complexity index is 455. The smallest absolute Gasteiger partial charge is 0.129 e. The molecule has 1 fully saturated rings. The lowest BCUT2D eigenvalue weighted by molar-refractivity contribution is 0.0270. The third-order valence-electron chi connectivity index (χ3n) is 4.14. The molecule has 0 bridgehead atoms. The van der Waals surface area contributed by atoms with Gasteiger partial charge in [0.05, 0.1) is 17.1 Å². The van der Waals surface area contributed by atoms with E-state index in [1.54, 1.807) is 6.07 Å². The number of benzene rings is 1. The van der Waals surface area contributed by atoms with Gasteiger partial charge in [-0.05, 0) is 47.1 Å². The van der Waals surface area contributed by atoms with Gasteiger partial charge in [-0.2, -0.15) is 0 Å². The predicted octanol–water partition coefficient (Wildman–Crippen LogP) is 2.21. The zero-order chi connectivity index (χ0) is 14.7. The van der Waals surface area contributed by atoms with Crippen molar-refractivity contribution in [3.63, 3.8) is 0 Å². The molecule has 1 aliphatic rings. The molecule has 1 heterocycles. The number of piperazine rings is 1. The lowest BCUT2D eigenvalue weighted by atomic mass is 10.0. The van der Waals surface area contributed by atoms with Crippen molar-refractivity contribution >= 4 is 15.9 Å². The summed E-state index contributed by atoms with van der Waals surface area (Å²) in [6.45, 7) is 8.59. The van der Waals surface area contributed by atoms with Crippen molar-refractivity contribution in [2.75, 3.05) is 32.8 Å². The van der Waals surface area contributed by atoms with Gasteiger partial charge in [0.15, 0.2) is 0 Å². The van der Waals surface area contributed by atoms with Crippen LogP contribution in [0.15, 0.2) is 22.7 Å². The van der Waals surface area contributed by atoms with E-state index in [0.717, 1.165) is 31.7 Å². The summed E-state index contributed by atoms with van der Waals surface area (Å²) in [5.74, 6) is 0.231. The lowest BCUT2D eigenvalue weighted by Gasteiger charge is -2.43. The van der Waals surface area contributed by atoms with E-state index in [1.807, 2.05) is 12.1 Å². The number of aromatic hydroxyl groups is 1. The van der Waals surface area contributed by atoms with Gasteiger partial charge in [0, 0.05) is 25.7 Å². The molecule has 0 amide bonds. The molecule has 4 nitrogen and oxygen atoms in total. The Kier molecular flexibility index (Phi) is 5.43. The van der Waals surface area contributed by atoms with E-state index in [4.69, 9.17) is 0 Å². The summed E-state index contributed by atoms with van der Waals surface area (Å²) >= 11 is 3.35. The molecule has 112 valence electrons. The molecule has 2 unspecified atom stereocenters. The highest BCUT2D eigenvalue weighted by atomic mass is 79.9. The largest absolute Gasteiger partial charge is 0.507 e. The van der Waals surface area contributed by atoms with Gasteiger partial charge < -0.3 is 15.1 Å². The minimum absolute atomic E-state index is 0.0130. The van der Waals surface area contributed by atoms with Crippen molar-refractivity contribution in [1.29, 1.82) is 0 Å². The van der Waals surface area contributed by atoms with E-state index in [9.17, 15) is 10.2 Å². The van der Waals surface area contributed by atoms with Crippen LogP contribution in [0.4, 0.5) is 0 Å². The molecule has 1 aromatic rings. The fourth-order valence-corrected chi connectivity index (χ4v) is 3.33. The van der Waals surface area contributed by atoms with Gasteiger partial charge in [-0.15, -0.1) is 0 Å². The van der Waals surface area contributed by atoms with Crippen molar-refractivity contribution < 1.29 is 10.2 Å². The minimum atomic E-state index is -0.0130. The first-order valence-electron chi connectivity index (χ1n) is 7.14. The molecule has 2 rings (SSSR count). The predicted molar refractivity (Wildman–Crippen MR) is 83.9 cm³/mol. The number of hydrogen-bond donors (Lipinski definition) is 2. The molecule has 1 aliphatic heterocycles. The van der Waals surface area contributed by atoms with Crippen molar-refractivity contribution in [2.24, 2.45) is 0 Å². The Morgan fingerprint density at radius 2 is 2.15 bits per heavy atom. The Balaban J connectivity index is 2.17. The molecule has 20 heavy (non-hydrogen) atoms. The number of hydrogen-bond acceptors (Lipinski definition) is 4. The summed E-state index contributed by atoms with van der Waals surface area (Å²) < 4.78 is 0.674. The molecule has 0 aliphatic carbocycles. The summed E-state index contributed by atoms with van der Waals surface area (Å²) in [6, 6.07) is 5.86. The average molecular weight is 343 g/mol. The molecule has 2 N–H and O–H groups in total. The van der Waals surface area contributed by atoms with Crippen LogP contribution in [0.3, 0.4) is 0 Å². The maximum absolute atomic E-state index is 9.80. The van der Waals surface area contributed by atoms with Crippen molar-refractivity contribution in [2.45, 2.75) is 25.9 Å². The quantitative estimate of drug-likeness (QED) is 0.880. The van der Waals surface area contributed by atoms with Crippen molar-refractivity contribution in [1.82, 2.24) is 9.80 Å². The van der Waals surface area contributed by atoms with E-state index in [2.05, 4.69) is 39.6 Å². The zero-order valence-corrected chi connectivity index (χ0v) is 13.7. The summed E-state index contributed by atoms with van der Waals surface area (Å²) in [5, 5.41) is 19.4. The van der Waals surface area contributed by atoms with Gasteiger partial charge in [-0.3, -0.25) is 4.90 Å². The number of rotatable bonds is 4. The van der Waals surface area contributed by atoms with Gasteiger partial charge in [-0.1, -0.05) is 13.0 Å². The monoisotopic (exact) mass is 342 g/mol.